The van der Waals surface area contributed by atoms with E-state index < -0.39 is 10.0 Å². The second-order valence-corrected chi connectivity index (χ2v) is 6.46. The van der Waals surface area contributed by atoms with Crippen LogP contribution in [0.15, 0.2) is 59.5 Å². The number of hydrogen-bond donors (Lipinski definition) is 1. The largest absolute Gasteiger partial charge is 0.279 e. The first-order chi connectivity index (χ1) is 9.17. The van der Waals surface area contributed by atoms with Gasteiger partial charge < -0.3 is 0 Å². The Labute approximate surface area is 113 Å². The smallest absolute Gasteiger partial charge is 0.261 e. The van der Waals surface area contributed by atoms with Crippen LogP contribution < -0.4 is 4.72 Å². The molecular formula is C15H15NO2S. The number of anilines is 1. The summed E-state index contributed by atoms with van der Waals surface area (Å²) in [4.78, 5) is 0.292. The molecule has 0 spiro atoms. The van der Waals surface area contributed by atoms with E-state index in [0.29, 0.717) is 16.5 Å². The van der Waals surface area contributed by atoms with Crippen LogP contribution in [0.25, 0.3) is 0 Å². The molecule has 0 amide bonds. The minimum Gasteiger partial charge on any atom is -0.279 e. The highest BCUT2D eigenvalue weighted by Gasteiger charge is 2.27. The van der Waals surface area contributed by atoms with Crippen molar-refractivity contribution in [2.24, 2.45) is 0 Å². The first kappa shape index (κ1) is 12.2. The highest BCUT2D eigenvalue weighted by Crippen LogP contribution is 2.43. The molecule has 0 heterocycles. The molecule has 3 rings (SSSR count). The van der Waals surface area contributed by atoms with Crippen molar-refractivity contribution in [1.29, 1.82) is 0 Å². The van der Waals surface area contributed by atoms with Gasteiger partial charge in [-0.15, -0.1) is 0 Å². The second-order valence-electron chi connectivity index (χ2n) is 4.78. The monoisotopic (exact) mass is 273 g/mol. The van der Waals surface area contributed by atoms with Gasteiger partial charge >= 0.3 is 0 Å². The maximum absolute atomic E-state index is 12.3. The summed E-state index contributed by atoms with van der Waals surface area (Å²) in [7, 11) is -3.49. The number of rotatable bonds is 4. The highest BCUT2D eigenvalue weighted by molar-refractivity contribution is 7.92. The third kappa shape index (κ3) is 2.63. The van der Waals surface area contributed by atoms with Crippen LogP contribution in [-0.4, -0.2) is 8.42 Å². The van der Waals surface area contributed by atoms with Gasteiger partial charge in [-0.3, -0.25) is 4.72 Å². The molecular weight excluding hydrogens is 258 g/mol. The van der Waals surface area contributed by atoms with Crippen LogP contribution in [0.2, 0.25) is 0 Å². The highest BCUT2D eigenvalue weighted by atomic mass is 32.2. The van der Waals surface area contributed by atoms with Crippen LogP contribution in [0.4, 0.5) is 5.69 Å². The lowest BCUT2D eigenvalue weighted by Crippen LogP contribution is -2.13. The summed E-state index contributed by atoms with van der Waals surface area (Å²) >= 11 is 0. The number of benzene rings is 2. The van der Waals surface area contributed by atoms with Crippen molar-refractivity contribution in [3.63, 3.8) is 0 Å². The normalized spacial score (nSPS) is 15.2. The standard InChI is InChI=1S/C15H15NO2S/c17-19(18,13-6-2-1-3-7-13)16-15-9-5-4-8-14(15)12-10-11-12/h1-9,12,16H,10-11H2. The van der Waals surface area contributed by atoms with Crippen LogP contribution in [0.3, 0.4) is 0 Å². The molecule has 0 aromatic heterocycles. The van der Waals surface area contributed by atoms with Crippen molar-refractivity contribution in [3.05, 3.63) is 60.2 Å². The minimum absolute atomic E-state index is 0.292. The van der Waals surface area contributed by atoms with Gasteiger partial charge in [-0.1, -0.05) is 36.4 Å². The summed E-state index contributed by atoms with van der Waals surface area (Å²) in [6.07, 6.45) is 2.29. The van der Waals surface area contributed by atoms with E-state index >= 15 is 0 Å². The van der Waals surface area contributed by atoms with E-state index in [0.717, 1.165) is 18.4 Å². The zero-order chi connectivity index (χ0) is 13.3. The molecule has 1 N–H and O–H groups in total. The van der Waals surface area contributed by atoms with Gasteiger partial charge in [0, 0.05) is 0 Å². The van der Waals surface area contributed by atoms with E-state index in [1.807, 2.05) is 24.3 Å². The molecule has 1 aliphatic rings. The Morgan fingerprint density at radius 2 is 1.53 bits per heavy atom. The average Bonchev–Trinajstić information content (AvgIpc) is 3.24. The third-order valence-corrected chi connectivity index (χ3v) is 4.66. The third-order valence-electron chi connectivity index (χ3n) is 3.28. The Hall–Kier alpha value is -1.81. The molecule has 0 atom stereocenters. The molecule has 0 aliphatic heterocycles. The Kier molecular flexibility index (Phi) is 3.03. The lowest BCUT2D eigenvalue weighted by molar-refractivity contribution is 0.601. The number of para-hydroxylation sites is 1. The maximum Gasteiger partial charge on any atom is 0.261 e. The molecule has 1 aliphatic carbocycles. The van der Waals surface area contributed by atoms with Crippen molar-refractivity contribution < 1.29 is 8.42 Å². The fourth-order valence-electron chi connectivity index (χ4n) is 2.14. The van der Waals surface area contributed by atoms with E-state index in [9.17, 15) is 8.42 Å². The van der Waals surface area contributed by atoms with Crippen molar-refractivity contribution in [1.82, 2.24) is 0 Å². The molecule has 0 bridgehead atoms. The molecule has 98 valence electrons. The van der Waals surface area contributed by atoms with Crippen molar-refractivity contribution >= 4 is 15.7 Å². The molecule has 4 heteroatoms. The first-order valence-corrected chi connectivity index (χ1v) is 7.82. The molecule has 0 saturated heterocycles. The topological polar surface area (TPSA) is 46.2 Å². The van der Waals surface area contributed by atoms with Gasteiger partial charge in [0.25, 0.3) is 10.0 Å². The Balaban J connectivity index is 1.93. The average molecular weight is 273 g/mol. The quantitative estimate of drug-likeness (QED) is 0.928. The summed E-state index contributed by atoms with van der Waals surface area (Å²) in [6, 6.07) is 16.1. The van der Waals surface area contributed by atoms with Gasteiger partial charge in [0.05, 0.1) is 10.6 Å². The van der Waals surface area contributed by atoms with Gasteiger partial charge in [-0.25, -0.2) is 8.42 Å². The second kappa shape index (κ2) is 4.70. The zero-order valence-electron chi connectivity index (χ0n) is 10.4. The molecule has 19 heavy (non-hydrogen) atoms. The number of nitrogens with one attached hydrogen (secondary N) is 1. The molecule has 0 radical (unpaired) electrons. The number of sulfonamides is 1. The van der Waals surface area contributed by atoms with E-state index in [4.69, 9.17) is 0 Å². The summed E-state index contributed by atoms with van der Waals surface area (Å²) in [5.41, 5.74) is 1.80. The number of hydrogen-bond acceptors (Lipinski definition) is 2. The Bertz CT molecular complexity index is 676. The van der Waals surface area contributed by atoms with E-state index in [-0.39, 0.29) is 0 Å². The molecule has 1 fully saturated rings. The fraction of sp³-hybridized carbons (Fsp3) is 0.200. The predicted molar refractivity (Wildman–Crippen MR) is 75.7 cm³/mol. The van der Waals surface area contributed by atoms with E-state index in [2.05, 4.69) is 4.72 Å². The van der Waals surface area contributed by atoms with Crippen molar-refractivity contribution in [2.45, 2.75) is 23.7 Å². The van der Waals surface area contributed by atoms with Gasteiger partial charge in [0.15, 0.2) is 0 Å². The first-order valence-electron chi connectivity index (χ1n) is 6.33. The van der Waals surface area contributed by atoms with Crippen LogP contribution in [0.5, 0.6) is 0 Å². The Morgan fingerprint density at radius 3 is 2.21 bits per heavy atom. The fourth-order valence-corrected chi connectivity index (χ4v) is 3.25. The SMILES string of the molecule is O=S(=O)(Nc1ccccc1C1CC1)c1ccccc1. The lowest BCUT2D eigenvalue weighted by Gasteiger charge is -2.12. The van der Waals surface area contributed by atoms with Gasteiger partial charge in [0.2, 0.25) is 0 Å². The van der Waals surface area contributed by atoms with Crippen LogP contribution in [0, 0.1) is 0 Å². The predicted octanol–water partition coefficient (Wildman–Crippen LogP) is 3.36. The maximum atomic E-state index is 12.3. The molecule has 2 aromatic rings. The van der Waals surface area contributed by atoms with E-state index in [1.165, 1.54) is 0 Å². The van der Waals surface area contributed by atoms with Crippen LogP contribution >= 0.6 is 0 Å². The van der Waals surface area contributed by atoms with Crippen LogP contribution in [0.1, 0.15) is 24.3 Å². The van der Waals surface area contributed by atoms with E-state index in [1.54, 1.807) is 30.3 Å². The molecule has 3 nitrogen and oxygen atoms in total. The minimum atomic E-state index is -3.49. The van der Waals surface area contributed by atoms with Gasteiger partial charge in [0.1, 0.15) is 0 Å². The van der Waals surface area contributed by atoms with Crippen LogP contribution in [-0.2, 0) is 10.0 Å². The Morgan fingerprint density at radius 1 is 0.895 bits per heavy atom. The van der Waals surface area contributed by atoms with Crippen molar-refractivity contribution in [3.8, 4) is 0 Å². The zero-order valence-corrected chi connectivity index (χ0v) is 11.2. The molecule has 1 saturated carbocycles. The molecule has 2 aromatic carbocycles. The molecule has 0 unspecified atom stereocenters. The lowest BCUT2D eigenvalue weighted by atomic mass is 10.1. The summed E-state index contributed by atoms with van der Waals surface area (Å²) in [6.45, 7) is 0. The summed E-state index contributed by atoms with van der Waals surface area (Å²) < 4.78 is 27.3. The summed E-state index contributed by atoms with van der Waals surface area (Å²) in [5, 5.41) is 0. The summed E-state index contributed by atoms with van der Waals surface area (Å²) in [5.74, 6) is 0.509. The van der Waals surface area contributed by atoms with Gasteiger partial charge in [-0.05, 0) is 42.5 Å². The van der Waals surface area contributed by atoms with Gasteiger partial charge in [-0.2, -0.15) is 0 Å². The van der Waals surface area contributed by atoms with Crippen molar-refractivity contribution in [2.75, 3.05) is 4.72 Å².